The van der Waals surface area contributed by atoms with Gasteiger partial charge < -0.3 is 18.9 Å². The molecular weight excluding hydrogens is 530 g/mol. The van der Waals surface area contributed by atoms with Gasteiger partial charge in [0.25, 0.3) is 0 Å². The average Bonchev–Trinajstić information content (AvgIpc) is 3.55. The van der Waals surface area contributed by atoms with Crippen molar-refractivity contribution in [3.63, 3.8) is 0 Å². The van der Waals surface area contributed by atoms with Crippen LogP contribution in [0.5, 0.6) is 17.2 Å². The van der Waals surface area contributed by atoms with Gasteiger partial charge in [-0.25, -0.2) is 8.42 Å². The maximum atomic E-state index is 11.8. The molecule has 0 radical (unpaired) electrons. The van der Waals surface area contributed by atoms with Gasteiger partial charge in [-0.15, -0.1) is 0 Å². The number of nitrogens with zero attached hydrogens (tertiary/aromatic N) is 1. The Morgan fingerprint density at radius 2 is 1.80 bits per heavy atom. The van der Waals surface area contributed by atoms with Gasteiger partial charge in [-0.1, -0.05) is 24.3 Å². The molecule has 0 N–H and O–H groups in total. The normalized spacial score (nSPS) is 18.7. The number of ether oxygens (including phenoxy) is 4. The summed E-state index contributed by atoms with van der Waals surface area (Å²) in [5.74, 6) is 1.95. The molecule has 40 heavy (non-hydrogen) atoms. The monoisotopic (exact) mass is 565 g/mol. The zero-order valence-electron chi connectivity index (χ0n) is 23.3. The third-order valence-corrected chi connectivity index (χ3v) is 8.85. The predicted molar refractivity (Wildman–Crippen MR) is 152 cm³/mol. The Balaban J connectivity index is 1.25. The molecule has 8 nitrogen and oxygen atoms in total. The minimum atomic E-state index is -3.20. The van der Waals surface area contributed by atoms with Crippen LogP contribution in [-0.4, -0.2) is 57.9 Å². The zero-order chi connectivity index (χ0) is 28.4. The molecule has 1 saturated heterocycles. The Kier molecular flexibility index (Phi) is 8.05. The number of hydrogen-bond donors (Lipinski definition) is 0. The van der Waals surface area contributed by atoms with Crippen LogP contribution in [0, 0.1) is 13.8 Å². The SMILES string of the molecule is COC(=O)C[C@@H]1COc2cc(OCc3ccc(C)c(-c4ccc(O[C@@H]5CCN(S(C)(=O)=O)C5)cc4C)c3)ccc21. The number of sulfonamides is 1. The van der Waals surface area contributed by atoms with E-state index in [1.165, 1.54) is 17.7 Å². The maximum absolute atomic E-state index is 11.8. The Morgan fingerprint density at radius 3 is 2.52 bits per heavy atom. The Hall–Kier alpha value is -3.56. The lowest BCUT2D eigenvalue weighted by Gasteiger charge is -2.17. The fraction of sp³-hybridized carbons (Fsp3) is 0.387. The third-order valence-electron chi connectivity index (χ3n) is 7.58. The van der Waals surface area contributed by atoms with E-state index < -0.39 is 10.0 Å². The van der Waals surface area contributed by atoms with Gasteiger partial charge >= 0.3 is 5.97 Å². The van der Waals surface area contributed by atoms with E-state index in [1.54, 1.807) is 0 Å². The second kappa shape index (κ2) is 11.5. The van der Waals surface area contributed by atoms with Crippen LogP contribution in [0.1, 0.15) is 41.0 Å². The summed E-state index contributed by atoms with van der Waals surface area (Å²) < 4.78 is 47.9. The van der Waals surface area contributed by atoms with Crippen molar-refractivity contribution in [2.45, 2.75) is 45.3 Å². The van der Waals surface area contributed by atoms with Crippen LogP contribution in [0.15, 0.2) is 54.6 Å². The molecule has 0 aliphatic carbocycles. The largest absolute Gasteiger partial charge is 0.492 e. The number of hydrogen-bond acceptors (Lipinski definition) is 7. The van der Waals surface area contributed by atoms with Gasteiger partial charge in [0.05, 0.1) is 32.9 Å². The third kappa shape index (κ3) is 6.26. The molecule has 2 aliphatic rings. The van der Waals surface area contributed by atoms with Crippen molar-refractivity contribution in [3.8, 4) is 28.4 Å². The lowest BCUT2D eigenvalue weighted by molar-refractivity contribution is -0.141. The number of esters is 1. The number of benzene rings is 3. The highest BCUT2D eigenvalue weighted by molar-refractivity contribution is 7.88. The summed E-state index contributed by atoms with van der Waals surface area (Å²) in [6, 6.07) is 18.1. The van der Waals surface area contributed by atoms with Gasteiger partial charge in [0.15, 0.2) is 0 Å². The minimum absolute atomic E-state index is 0.00321. The van der Waals surface area contributed by atoms with Gasteiger partial charge in [0.2, 0.25) is 10.0 Å². The van der Waals surface area contributed by atoms with E-state index in [4.69, 9.17) is 18.9 Å². The standard InChI is InChI=1S/C31H35NO7S/c1-20-5-6-22(18-37-24-7-10-28-23(15-31(33)36-3)19-38-30(28)16-24)14-29(20)27-9-8-25(13-21(27)2)39-26-11-12-32(17-26)40(4,34)35/h5-10,13-14,16,23,26H,11-12,15,17-19H2,1-4H3/t23-,26-/m1/s1. The highest BCUT2D eigenvalue weighted by Gasteiger charge is 2.30. The van der Waals surface area contributed by atoms with Crippen LogP contribution in [0.2, 0.25) is 0 Å². The summed E-state index contributed by atoms with van der Waals surface area (Å²) in [5, 5.41) is 0. The molecule has 3 aromatic rings. The summed E-state index contributed by atoms with van der Waals surface area (Å²) in [6.07, 6.45) is 2.06. The van der Waals surface area contributed by atoms with E-state index in [2.05, 4.69) is 38.1 Å². The van der Waals surface area contributed by atoms with E-state index in [0.717, 1.165) is 44.9 Å². The second-order valence-corrected chi connectivity index (χ2v) is 12.5. The van der Waals surface area contributed by atoms with E-state index in [-0.39, 0.29) is 18.0 Å². The number of carbonyl (C=O) groups excluding carboxylic acids is 1. The van der Waals surface area contributed by atoms with Gasteiger partial charge in [-0.2, -0.15) is 4.31 Å². The lowest BCUT2D eigenvalue weighted by atomic mass is 9.95. The second-order valence-electron chi connectivity index (χ2n) is 10.6. The highest BCUT2D eigenvalue weighted by Crippen LogP contribution is 2.39. The summed E-state index contributed by atoms with van der Waals surface area (Å²) in [6.45, 7) is 5.87. The Bertz CT molecular complexity index is 1520. The van der Waals surface area contributed by atoms with Crippen molar-refractivity contribution >= 4 is 16.0 Å². The Morgan fingerprint density at radius 1 is 1.00 bits per heavy atom. The summed E-state index contributed by atoms with van der Waals surface area (Å²) >= 11 is 0. The topological polar surface area (TPSA) is 91.4 Å². The van der Waals surface area contributed by atoms with Gasteiger partial charge in [0, 0.05) is 24.1 Å². The fourth-order valence-corrected chi connectivity index (χ4v) is 6.19. The average molecular weight is 566 g/mol. The number of methoxy groups -OCH3 is 1. The van der Waals surface area contributed by atoms with Crippen molar-refractivity contribution < 1.29 is 32.2 Å². The first kappa shape index (κ1) is 28.0. The number of fused-ring (bicyclic) bond motifs is 1. The molecule has 0 spiro atoms. The molecule has 212 valence electrons. The van der Waals surface area contributed by atoms with Crippen LogP contribution in [-0.2, 0) is 26.2 Å². The first-order valence-electron chi connectivity index (χ1n) is 13.4. The molecule has 0 amide bonds. The van der Waals surface area contributed by atoms with Crippen LogP contribution >= 0.6 is 0 Å². The molecule has 0 unspecified atom stereocenters. The van der Waals surface area contributed by atoms with E-state index in [1.807, 2.05) is 30.3 Å². The first-order valence-corrected chi connectivity index (χ1v) is 15.2. The van der Waals surface area contributed by atoms with Crippen molar-refractivity contribution in [1.29, 1.82) is 0 Å². The lowest BCUT2D eigenvalue weighted by Crippen LogP contribution is -2.29. The quantitative estimate of drug-likeness (QED) is 0.337. The molecule has 9 heteroatoms. The van der Waals surface area contributed by atoms with Gasteiger partial charge in [-0.3, -0.25) is 4.79 Å². The molecule has 2 atom stereocenters. The minimum Gasteiger partial charge on any atom is -0.492 e. The van der Waals surface area contributed by atoms with Crippen molar-refractivity contribution in [2.75, 3.05) is 33.1 Å². The van der Waals surface area contributed by atoms with Crippen LogP contribution in [0.4, 0.5) is 0 Å². The molecule has 2 aliphatic heterocycles. The maximum Gasteiger partial charge on any atom is 0.306 e. The smallest absolute Gasteiger partial charge is 0.306 e. The molecule has 1 fully saturated rings. The van der Waals surface area contributed by atoms with E-state index in [9.17, 15) is 13.2 Å². The molecule has 5 rings (SSSR count). The van der Waals surface area contributed by atoms with E-state index in [0.29, 0.717) is 44.9 Å². The van der Waals surface area contributed by atoms with Gasteiger partial charge in [0.1, 0.15) is 30.0 Å². The van der Waals surface area contributed by atoms with Crippen LogP contribution in [0.3, 0.4) is 0 Å². The van der Waals surface area contributed by atoms with Crippen molar-refractivity contribution in [2.24, 2.45) is 0 Å². The summed E-state index contributed by atoms with van der Waals surface area (Å²) in [7, 11) is -1.80. The van der Waals surface area contributed by atoms with Crippen molar-refractivity contribution in [1.82, 2.24) is 4.31 Å². The molecule has 0 saturated carbocycles. The molecule has 0 bridgehead atoms. The summed E-state index contributed by atoms with van der Waals surface area (Å²) in [4.78, 5) is 11.7. The molecule has 0 aromatic heterocycles. The summed E-state index contributed by atoms with van der Waals surface area (Å²) in [5.41, 5.74) is 6.50. The van der Waals surface area contributed by atoms with Gasteiger partial charge in [-0.05, 0) is 72.4 Å². The molecular formula is C31H35NO7S. The number of carbonyl (C=O) groups is 1. The molecule has 2 heterocycles. The highest BCUT2D eigenvalue weighted by atomic mass is 32.2. The first-order chi connectivity index (χ1) is 19.1. The van der Waals surface area contributed by atoms with Crippen LogP contribution in [0.25, 0.3) is 11.1 Å². The van der Waals surface area contributed by atoms with E-state index >= 15 is 0 Å². The predicted octanol–water partition coefficient (Wildman–Crippen LogP) is 5.00. The van der Waals surface area contributed by atoms with Crippen LogP contribution < -0.4 is 14.2 Å². The zero-order valence-corrected chi connectivity index (χ0v) is 24.1. The number of aryl methyl sites for hydroxylation is 2. The number of rotatable bonds is 9. The molecule has 3 aromatic carbocycles. The van der Waals surface area contributed by atoms with Crippen molar-refractivity contribution in [3.05, 3.63) is 76.9 Å². The fourth-order valence-electron chi connectivity index (χ4n) is 5.32. The Labute approximate surface area is 235 Å².